The van der Waals surface area contributed by atoms with Crippen LogP contribution in [0, 0.1) is 40.4 Å². The van der Waals surface area contributed by atoms with Crippen LogP contribution < -0.4 is 0 Å². The number of aliphatic hydroxyl groups is 1. The SMILES string of the molecule is C[C@]12CC[C@H](O)C[C@H]1CC[C@H]1C3CC[C@H](C4=CC(=O)OC4)[C@@]3(C)CC[C@@H]12. The summed E-state index contributed by atoms with van der Waals surface area (Å²) in [5, 5.41) is 10.2. The average molecular weight is 359 g/mol. The van der Waals surface area contributed by atoms with Crippen LogP contribution in [0.1, 0.15) is 71.6 Å². The van der Waals surface area contributed by atoms with Crippen LogP contribution in [0.4, 0.5) is 0 Å². The van der Waals surface area contributed by atoms with Crippen LogP contribution in [0.5, 0.6) is 0 Å². The van der Waals surface area contributed by atoms with Gasteiger partial charge in [0.25, 0.3) is 0 Å². The Balaban J connectivity index is 1.41. The number of hydrogen-bond donors (Lipinski definition) is 1. The van der Waals surface area contributed by atoms with Crippen molar-refractivity contribution in [2.24, 2.45) is 40.4 Å². The molecule has 1 heterocycles. The summed E-state index contributed by atoms with van der Waals surface area (Å²) >= 11 is 0. The maximum absolute atomic E-state index is 11.6. The summed E-state index contributed by atoms with van der Waals surface area (Å²) in [7, 11) is 0. The van der Waals surface area contributed by atoms with Gasteiger partial charge in [0.2, 0.25) is 0 Å². The van der Waals surface area contributed by atoms with Crippen LogP contribution in [0.3, 0.4) is 0 Å². The van der Waals surface area contributed by atoms with E-state index in [-0.39, 0.29) is 12.1 Å². The highest BCUT2D eigenvalue weighted by Gasteiger charge is 2.60. The number of carbonyl (C=O) groups excluding carboxylic acids is 1. The molecule has 4 fully saturated rings. The lowest BCUT2D eigenvalue weighted by Gasteiger charge is -2.61. The summed E-state index contributed by atoms with van der Waals surface area (Å²) in [5.74, 6) is 3.67. The summed E-state index contributed by atoms with van der Waals surface area (Å²) in [6.45, 7) is 5.62. The fraction of sp³-hybridized carbons (Fsp3) is 0.870. The van der Waals surface area contributed by atoms with Gasteiger partial charge >= 0.3 is 5.97 Å². The van der Waals surface area contributed by atoms with Gasteiger partial charge in [-0.2, -0.15) is 0 Å². The number of aliphatic hydroxyl groups excluding tert-OH is 1. The Morgan fingerprint density at radius 2 is 1.77 bits per heavy atom. The van der Waals surface area contributed by atoms with E-state index in [4.69, 9.17) is 4.74 Å². The normalized spacial score (nSPS) is 53.3. The highest BCUT2D eigenvalue weighted by Crippen LogP contribution is 2.68. The van der Waals surface area contributed by atoms with Crippen molar-refractivity contribution in [1.29, 1.82) is 0 Å². The zero-order chi connectivity index (χ0) is 18.1. The molecule has 1 aliphatic heterocycles. The topological polar surface area (TPSA) is 46.5 Å². The molecule has 5 aliphatic rings. The quantitative estimate of drug-likeness (QED) is 0.703. The molecule has 1 unspecified atom stereocenters. The Labute approximate surface area is 157 Å². The smallest absolute Gasteiger partial charge is 0.331 e. The van der Waals surface area contributed by atoms with Crippen LogP contribution in [0.25, 0.3) is 0 Å². The van der Waals surface area contributed by atoms with E-state index < -0.39 is 0 Å². The van der Waals surface area contributed by atoms with Gasteiger partial charge in [-0.3, -0.25) is 0 Å². The highest BCUT2D eigenvalue weighted by atomic mass is 16.5. The molecule has 0 radical (unpaired) electrons. The maximum Gasteiger partial charge on any atom is 0.331 e. The zero-order valence-electron chi connectivity index (χ0n) is 16.4. The molecule has 0 saturated heterocycles. The molecule has 1 N–H and O–H groups in total. The van der Waals surface area contributed by atoms with Crippen LogP contribution in [-0.2, 0) is 9.53 Å². The van der Waals surface area contributed by atoms with Crippen molar-refractivity contribution >= 4 is 5.97 Å². The Morgan fingerprint density at radius 3 is 2.54 bits per heavy atom. The van der Waals surface area contributed by atoms with E-state index in [9.17, 15) is 9.90 Å². The minimum absolute atomic E-state index is 0.0545. The van der Waals surface area contributed by atoms with Crippen molar-refractivity contribution in [3.05, 3.63) is 11.6 Å². The Morgan fingerprint density at radius 1 is 1.00 bits per heavy atom. The first-order valence-corrected chi connectivity index (χ1v) is 11.0. The number of hydrogen-bond acceptors (Lipinski definition) is 3. The van der Waals surface area contributed by atoms with Crippen LogP contribution >= 0.6 is 0 Å². The number of fused-ring (bicyclic) bond motifs is 5. The largest absolute Gasteiger partial charge is 0.458 e. The first kappa shape index (κ1) is 17.3. The second kappa shape index (κ2) is 5.83. The predicted molar refractivity (Wildman–Crippen MR) is 100 cm³/mol. The van der Waals surface area contributed by atoms with Crippen LogP contribution in [0.2, 0.25) is 0 Å². The number of ether oxygens (including phenoxy) is 1. The van der Waals surface area contributed by atoms with E-state index >= 15 is 0 Å². The van der Waals surface area contributed by atoms with Gasteiger partial charge in [0.1, 0.15) is 6.61 Å². The van der Waals surface area contributed by atoms with E-state index in [0.29, 0.717) is 23.4 Å². The molecule has 0 spiro atoms. The van der Waals surface area contributed by atoms with Gasteiger partial charge in [-0.25, -0.2) is 4.79 Å². The van der Waals surface area contributed by atoms with Crippen molar-refractivity contribution < 1.29 is 14.6 Å². The third-order valence-electron chi connectivity index (χ3n) is 9.77. The first-order chi connectivity index (χ1) is 12.4. The molecular formula is C23H34O3. The molecule has 3 heteroatoms. The van der Waals surface area contributed by atoms with Gasteiger partial charge in [-0.05, 0) is 104 Å². The molecule has 144 valence electrons. The minimum atomic E-state index is -0.130. The summed E-state index contributed by atoms with van der Waals surface area (Å²) in [6, 6.07) is 0. The first-order valence-electron chi connectivity index (χ1n) is 11.0. The summed E-state index contributed by atoms with van der Waals surface area (Å²) < 4.78 is 5.25. The van der Waals surface area contributed by atoms with Gasteiger partial charge in [0.05, 0.1) is 6.10 Å². The number of rotatable bonds is 1. The lowest BCUT2D eigenvalue weighted by molar-refractivity contribution is -0.135. The molecule has 0 aromatic carbocycles. The van der Waals surface area contributed by atoms with E-state index in [1.54, 1.807) is 6.08 Å². The zero-order valence-corrected chi connectivity index (χ0v) is 16.4. The molecule has 3 nitrogen and oxygen atoms in total. The van der Waals surface area contributed by atoms with Gasteiger partial charge in [0, 0.05) is 6.08 Å². The lowest BCUT2D eigenvalue weighted by Crippen LogP contribution is -2.54. The lowest BCUT2D eigenvalue weighted by atomic mass is 9.44. The second-order valence-corrected chi connectivity index (χ2v) is 10.6. The van der Waals surface area contributed by atoms with Gasteiger partial charge in [-0.15, -0.1) is 0 Å². The minimum Gasteiger partial charge on any atom is -0.458 e. The third-order valence-corrected chi connectivity index (χ3v) is 9.77. The summed E-state index contributed by atoms with van der Waals surface area (Å²) in [4.78, 5) is 11.6. The monoisotopic (exact) mass is 358 g/mol. The summed E-state index contributed by atoms with van der Waals surface area (Å²) in [5.41, 5.74) is 2.09. The molecule has 26 heavy (non-hydrogen) atoms. The molecule has 0 aromatic rings. The fourth-order valence-electron chi connectivity index (χ4n) is 8.43. The molecule has 5 rings (SSSR count). The molecule has 0 amide bonds. The number of esters is 1. The van der Waals surface area contributed by atoms with Gasteiger partial charge in [-0.1, -0.05) is 13.8 Å². The molecule has 8 atom stereocenters. The van der Waals surface area contributed by atoms with Crippen LogP contribution in [-0.4, -0.2) is 23.8 Å². The average Bonchev–Trinajstić information content (AvgIpc) is 3.18. The Bertz CT molecular complexity index is 639. The van der Waals surface area contributed by atoms with Crippen molar-refractivity contribution in [1.82, 2.24) is 0 Å². The third kappa shape index (κ3) is 2.31. The predicted octanol–water partition coefficient (Wildman–Crippen LogP) is 4.49. The van der Waals surface area contributed by atoms with Crippen molar-refractivity contribution in [3.8, 4) is 0 Å². The Kier molecular flexibility index (Phi) is 3.88. The standard InChI is InChI=1S/C23H34O3/c1-22-9-7-16(24)12-15(22)3-4-17-19-6-5-18(14-11-21(25)26-13-14)23(19,2)10-8-20(17)22/h11,15-20,24H,3-10,12-13H2,1-2H3/t15-,16+,17+,18-,19?,20+,22+,23-/m1/s1. The molecule has 0 bridgehead atoms. The number of cyclic esters (lactones) is 1. The van der Waals surface area contributed by atoms with E-state index in [0.717, 1.165) is 36.5 Å². The van der Waals surface area contributed by atoms with E-state index in [1.165, 1.54) is 50.5 Å². The molecule has 0 aromatic heterocycles. The van der Waals surface area contributed by atoms with Gasteiger partial charge in [0.15, 0.2) is 0 Å². The van der Waals surface area contributed by atoms with E-state index in [1.807, 2.05) is 0 Å². The summed E-state index contributed by atoms with van der Waals surface area (Å²) in [6.07, 6.45) is 12.9. The highest BCUT2D eigenvalue weighted by molar-refractivity contribution is 5.85. The Hall–Kier alpha value is -0.830. The van der Waals surface area contributed by atoms with Crippen LogP contribution in [0.15, 0.2) is 11.6 Å². The van der Waals surface area contributed by atoms with Crippen molar-refractivity contribution in [2.75, 3.05) is 6.61 Å². The fourth-order valence-corrected chi connectivity index (χ4v) is 8.43. The molecule has 4 saturated carbocycles. The molecular weight excluding hydrogens is 324 g/mol. The number of carbonyl (C=O) groups is 1. The van der Waals surface area contributed by atoms with Crippen molar-refractivity contribution in [3.63, 3.8) is 0 Å². The molecule has 4 aliphatic carbocycles. The van der Waals surface area contributed by atoms with Gasteiger partial charge < -0.3 is 9.84 Å². The maximum atomic E-state index is 11.6. The van der Waals surface area contributed by atoms with Crippen molar-refractivity contribution in [2.45, 2.75) is 77.7 Å². The second-order valence-electron chi connectivity index (χ2n) is 10.6. The van der Waals surface area contributed by atoms with E-state index in [2.05, 4.69) is 13.8 Å².